The highest BCUT2D eigenvalue weighted by atomic mass is 35.5. The Morgan fingerprint density at radius 2 is 2.13 bits per heavy atom. The van der Waals surface area contributed by atoms with E-state index in [9.17, 15) is 9.18 Å². The summed E-state index contributed by atoms with van der Waals surface area (Å²) >= 11 is 0. The summed E-state index contributed by atoms with van der Waals surface area (Å²) in [5.74, 6) is -0.983. The van der Waals surface area contributed by atoms with Gasteiger partial charge in [-0.1, -0.05) is 6.07 Å². The molecule has 1 rings (SSSR count). The van der Waals surface area contributed by atoms with Gasteiger partial charge in [-0.2, -0.15) is 0 Å². The van der Waals surface area contributed by atoms with Crippen LogP contribution in [-0.2, 0) is 9.53 Å². The van der Waals surface area contributed by atoms with Gasteiger partial charge in [0.25, 0.3) is 0 Å². The Morgan fingerprint density at radius 3 is 2.67 bits per heavy atom. The molecule has 0 fully saturated rings. The maximum absolute atomic E-state index is 12.9. The fraction of sp³-hybridized carbons (Fsp3) is 0.300. The number of esters is 1. The largest absolute Gasteiger partial charge is 0.468 e. The second-order valence-corrected chi connectivity index (χ2v) is 3.00. The average Bonchev–Trinajstić information content (AvgIpc) is 2.19. The van der Waals surface area contributed by atoms with Crippen molar-refractivity contribution in [2.24, 2.45) is 5.73 Å². The van der Waals surface area contributed by atoms with Crippen LogP contribution < -0.4 is 5.73 Å². The summed E-state index contributed by atoms with van der Waals surface area (Å²) in [5.41, 5.74) is 6.80. The van der Waals surface area contributed by atoms with Crippen molar-refractivity contribution in [3.63, 3.8) is 0 Å². The first-order valence-corrected chi connectivity index (χ1v) is 4.15. The van der Waals surface area contributed by atoms with Crippen LogP contribution in [0.4, 0.5) is 4.39 Å². The van der Waals surface area contributed by atoms with Crippen molar-refractivity contribution in [3.05, 3.63) is 35.1 Å². The standard InChI is InChI=1S/C10H12FNO2.ClH/c1-6-3-4-7(11)5-8(6)9(12)10(13)14-2;/h3-5,9H,12H2,1-2H3;1H/t9-;/m1./s1. The number of ether oxygens (including phenoxy) is 1. The molecule has 1 aromatic carbocycles. The van der Waals surface area contributed by atoms with Gasteiger partial charge in [-0.15, -0.1) is 12.4 Å². The van der Waals surface area contributed by atoms with Gasteiger partial charge in [0.1, 0.15) is 11.9 Å². The van der Waals surface area contributed by atoms with Crippen molar-refractivity contribution in [3.8, 4) is 0 Å². The number of halogens is 2. The molecular weight excluding hydrogens is 221 g/mol. The molecule has 0 aliphatic heterocycles. The normalized spacial score (nSPS) is 11.5. The third kappa shape index (κ3) is 3.18. The van der Waals surface area contributed by atoms with E-state index < -0.39 is 17.8 Å². The molecule has 0 saturated heterocycles. The first kappa shape index (κ1) is 13.9. The maximum atomic E-state index is 12.9. The van der Waals surface area contributed by atoms with Crippen LogP contribution >= 0.6 is 12.4 Å². The topological polar surface area (TPSA) is 52.3 Å². The Balaban J connectivity index is 0.00000196. The van der Waals surface area contributed by atoms with E-state index in [1.807, 2.05) is 0 Å². The van der Waals surface area contributed by atoms with Crippen molar-refractivity contribution in [2.45, 2.75) is 13.0 Å². The van der Waals surface area contributed by atoms with Crippen LogP contribution in [0.1, 0.15) is 17.2 Å². The van der Waals surface area contributed by atoms with Crippen LogP contribution in [0.2, 0.25) is 0 Å². The number of carbonyl (C=O) groups is 1. The van der Waals surface area contributed by atoms with Crippen LogP contribution in [0, 0.1) is 12.7 Å². The Morgan fingerprint density at radius 1 is 1.53 bits per heavy atom. The molecule has 0 spiro atoms. The zero-order chi connectivity index (χ0) is 10.7. The molecule has 5 heteroatoms. The summed E-state index contributed by atoms with van der Waals surface area (Å²) in [7, 11) is 1.25. The number of methoxy groups -OCH3 is 1. The number of carbonyl (C=O) groups excluding carboxylic acids is 1. The van der Waals surface area contributed by atoms with Crippen molar-refractivity contribution in [1.82, 2.24) is 0 Å². The predicted molar refractivity (Wildman–Crippen MR) is 57.3 cm³/mol. The lowest BCUT2D eigenvalue weighted by molar-refractivity contribution is -0.142. The Bertz CT molecular complexity index is 357. The molecule has 1 atom stereocenters. The van der Waals surface area contributed by atoms with Crippen molar-refractivity contribution < 1.29 is 13.9 Å². The van der Waals surface area contributed by atoms with Crippen LogP contribution in [0.15, 0.2) is 18.2 Å². The molecule has 0 unspecified atom stereocenters. The van der Waals surface area contributed by atoms with Crippen LogP contribution in [-0.4, -0.2) is 13.1 Å². The predicted octanol–water partition coefficient (Wildman–Crippen LogP) is 1.73. The number of aryl methyl sites for hydroxylation is 1. The van der Waals surface area contributed by atoms with Gasteiger partial charge >= 0.3 is 5.97 Å². The number of rotatable bonds is 2. The third-order valence-electron chi connectivity index (χ3n) is 2.03. The van der Waals surface area contributed by atoms with Gasteiger partial charge in [0.15, 0.2) is 0 Å². The van der Waals surface area contributed by atoms with E-state index >= 15 is 0 Å². The van der Waals surface area contributed by atoms with Gasteiger partial charge in [0.05, 0.1) is 7.11 Å². The van der Waals surface area contributed by atoms with E-state index in [-0.39, 0.29) is 12.4 Å². The second-order valence-electron chi connectivity index (χ2n) is 3.00. The SMILES string of the molecule is COC(=O)[C@H](N)c1cc(F)ccc1C.Cl. The highest BCUT2D eigenvalue weighted by molar-refractivity contribution is 5.85. The maximum Gasteiger partial charge on any atom is 0.327 e. The molecule has 0 saturated carbocycles. The summed E-state index contributed by atoms with van der Waals surface area (Å²) < 4.78 is 17.3. The molecule has 0 aromatic heterocycles. The fourth-order valence-electron chi connectivity index (χ4n) is 1.20. The third-order valence-corrected chi connectivity index (χ3v) is 2.03. The Kier molecular flexibility index (Phi) is 5.25. The lowest BCUT2D eigenvalue weighted by atomic mass is 10.0. The van der Waals surface area contributed by atoms with Crippen molar-refractivity contribution >= 4 is 18.4 Å². The van der Waals surface area contributed by atoms with Crippen LogP contribution in [0.3, 0.4) is 0 Å². The van der Waals surface area contributed by atoms with Crippen molar-refractivity contribution in [1.29, 1.82) is 0 Å². The van der Waals surface area contributed by atoms with Gasteiger partial charge in [0, 0.05) is 0 Å². The molecule has 1 aromatic rings. The number of hydrogen-bond acceptors (Lipinski definition) is 3. The molecule has 3 nitrogen and oxygen atoms in total. The summed E-state index contributed by atoms with van der Waals surface area (Å²) in [4.78, 5) is 11.1. The van der Waals surface area contributed by atoms with Crippen LogP contribution in [0.25, 0.3) is 0 Å². The van der Waals surface area contributed by atoms with Gasteiger partial charge < -0.3 is 10.5 Å². The quantitative estimate of drug-likeness (QED) is 0.792. The molecule has 84 valence electrons. The smallest absolute Gasteiger partial charge is 0.327 e. The summed E-state index contributed by atoms with van der Waals surface area (Å²) in [6.07, 6.45) is 0. The number of nitrogens with two attached hydrogens (primary N) is 1. The molecule has 0 radical (unpaired) electrons. The minimum absolute atomic E-state index is 0. The van der Waals surface area contributed by atoms with Gasteiger partial charge in [-0.3, -0.25) is 4.79 Å². The summed E-state index contributed by atoms with van der Waals surface area (Å²) in [6.45, 7) is 1.76. The van der Waals surface area contributed by atoms with E-state index in [0.29, 0.717) is 5.56 Å². The van der Waals surface area contributed by atoms with E-state index in [2.05, 4.69) is 4.74 Å². The Labute approximate surface area is 93.8 Å². The van der Waals surface area contributed by atoms with E-state index in [4.69, 9.17) is 5.73 Å². The molecule has 0 amide bonds. The highest BCUT2D eigenvalue weighted by Gasteiger charge is 2.18. The first-order valence-electron chi connectivity index (χ1n) is 4.15. The van der Waals surface area contributed by atoms with Gasteiger partial charge in [0.2, 0.25) is 0 Å². The van der Waals surface area contributed by atoms with Gasteiger partial charge in [-0.05, 0) is 30.2 Å². The lowest BCUT2D eigenvalue weighted by Crippen LogP contribution is -2.23. The van der Waals surface area contributed by atoms with Gasteiger partial charge in [-0.25, -0.2) is 4.39 Å². The molecule has 0 aliphatic rings. The van der Waals surface area contributed by atoms with Crippen LogP contribution in [0.5, 0.6) is 0 Å². The minimum atomic E-state index is -0.921. The molecule has 0 bridgehead atoms. The number of benzene rings is 1. The second kappa shape index (κ2) is 5.68. The monoisotopic (exact) mass is 233 g/mol. The molecule has 2 N–H and O–H groups in total. The molecular formula is C10H13ClFNO2. The lowest BCUT2D eigenvalue weighted by Gasteiger charge is -2.12. The molecule has 15 heavy (non-hydrogen) atoms. The van der Waals surface area contributed by atoms with E-state index in [1.165, 1.54) is 19.2 Å². The molecule has 0 aliphatic carbocycles. The average molecular weight is 234 g/mol. The van der Waals surface area contributed by atoms with E-state index in [0.717, 1.165) is 5.56 Å². The zero-order valence-electron chi connectivity index (χ0n) is 8.49. The van der Waals surface area contributed by atoms with E-state index in [1.54, 1.807) is 13.0 Å². The Hall–Kier alpha value is -1.13. The minimum Gasteiger partial charge on any atom is -0.468 e. The highest BCUT2D eigenvalue weighted by Crippen LogP contribution is 2.17. The summed E-state index contributed by atoms with van der Waals surface area (Å²) in [5, 5.41) is 0. The molecule has 0 heterocycles. The summed E-state index contributed by atoms with van der Waals surface area (Å²) in [6, 6.07) is 3.23. The number of hydrogen-bond donors (Lipinski definition) is 1. The zero-order valence-corrected chi connectivity index (χ0v) is 9.31. The first-order chi connectivity index (χ1) is 6.56. The van der Waals surface area contributed by atoms with Crippen molar-refractivity contribution in [2.75, 3.05) is 7.11 Å². The fourth-order valence-corrected chi connectivity index (χ4v) is 1.20.